The highest BCUT2D eigenvalue weighted by Gasteiger charge is 2.26. The third kappa shape index (κ3) is 12.5. The Bertz CT molecular complexity index is 402. The zero-order valence-corrected chi connectivity index (χ0v) is 13.9. The Labute approximate surface area is 138 Å². The van der Waals surface area contributed by atoms with Crippen molar-refractivity contribution < 1.29 is 14.8 Å². The van der Waals surface area contributed by atoms with Gasteiger partial charge in [-0.2, -0.15) is 0 Å². The summed E-state index contributed by atoms with van der Waals surface area (Å²) in [4.78, 5) is 20.4. The molecule has 0 aliphatic heterocycles. The summed E-state index contributed by atoms with van der Waals surface area (Å²) < 4.78 is 0. The van der Waals surface area contributed by atoms with Crippen molar-refractivity contribution in [1.29, 1.82) is 0 Å². The first kappa shape index (κ1) is 21.2. The lowest BCUT2D eigenvalue weighted by Crippen LogP contribution is -2.32. The van der Waals surface area contributed by atoms with Gasteiger partial charge in [-0.3, -0.25) is 14.9 Å². The number of unbranched alkanes of at least 4 members (excludes halogenated alkanes) is 3. The number of hydrogen-bond acceptors (Lipinski definition) is 4. The smallest absolute Gasteiger partial charge is 0.241 e. The number of aliphatic hydroxyl groups is 1. The molecule has 1 radical (unpaired) electrons. The van der Waals surface area contributed by atoms with Crippen LogP contribution in [-0.2, 0) is 4.79 Å². The first-order chi connectivity index (χ1) is 11.1. The highest BCUT2D eigenvalue weighted by Crippen LogP contribution is 2.08. The summed E-state index contributed by atoms with van der Waals surface area (Å²) in [5.41, 5.74) is 0. The van der Waals surface area contributed by atoms with Gasteiger partial charge < -0.3 is 5.11 Å². The molecule has 2 unspecified atom stereocenters. The summed E-state index contributed by atoms with van der Waals surface area (Å²) in [7, 11) is 0. The normalized spacial score (nSPS) is 14.7. The molecule has 0 saturated carbocycles. The molecule has 5 heteroatoms. The van der Waals surface area contributed by atoms with E-state index in [0.29, 0.717) is 12.8 Å². The van der Waals surface area contributed by atoms with Gasteiger partial charge in [0.1, 0.15) is 6.10 Å². The van der Waals surface area contributed by atoms with Crippen LogP contribution in [0.1, 0.15) is 58.3 Å². The van der Waals surface area contributed by atoms with Crippen LogP contribution >= 0.6 is 0 Å². The van der Waals surface area contributed by atoms with E-state index in [4.69, 9.17) is 0 Å². The van der Waals surface area contributed by atoms with Gasteiger partial charge in [0, 0.05) is 17.8 Å². The number of nitrogens with zero attached hydrogens (tertiary/aromatic N) is 1. The number of aliphatic hydroxyl groups excluding tert-OH is 1. The molecule has 0 heterocycles. The van der Waals surface area contributed by atoms with Crippen molar-refractivity contribution in [3.05, 3.63) is 46.6 Å². The molecule has 0 aromatic heterocycles. The Morgan fingerprint density at radius 1 is 1.09 bits per heavy atom. The summed E-state index contributed by atoms with van der Waals surface area (Å²) in [6, 6.07) is -0.917. The fraction of sp³-hybridized carbons (Fsp3) is 0.611. The van der Waals surface area contributed by atoms with Crippen LogP contribution in [0.15, 0.2) is 36.5 Å². The third-order valence-corrected chi connectivity index (χ3v) is 3.45. The summed E-state index contributed by atoms with van der Waals surface area (Å²) in [6.07, 6.45) is 18.5. The van der Waals surface area contributed by atoms with Crippen LogP contribution in [0.5, 0.6) is 0 Å². The van der Waals surface area contributed by atoms with E-state index in [2.05, 4.69) is 12.2 Å². The lowest BCUT2D eigenvalue weighted by molar-refractivity contribution is -0.533. The molecular formula is C18H28NO4. The second-order valence-corrected chi connectivity index (χ2v) is 5.34. The second kappa shape index (κ2) is 15.2. The lowest BCUT2D eigenvalue weighted by Gasteiger charge is -2.12. The van der Waals surface area contributed by atoms with E-state index in [1.807, 2.05) is 24.5 Å². The van der Waals surface area contributed by atoms with Crippen LogP contribution in [0.25, 0.3) is 0 Å². The van der Waals surface area contributed by atoms with Gasteiger partial charge >= 0.3 is 0 Å². The Balaban J connectivity index is 3.77. The number of hydrogen-bond donors (Lipinski definition) is 1. The van der Waals surface area contributed by atoms with E-state index < -0.39 is 17.1 Å². The average molecular weight is 322 g/mol. The standard InChI is InChI=1S/C18H28NO4/c1-2-18(21)17(19(22)23)15-13-11-9-7-5-3-4-6-8-10-12-14-16-20/h4-7,11,13,17-18,21H,2-3,8-10,12,14-15H2,1H3/b6-4-,7-5-,13-11-. The van der Waals surface area contributed by atoms with Crippen LogP contribution in [0.4, 0.5) is 0 Å². The second-order valence-electron chi connectivity index (χ2n) is 5.34. The van der Waals surface area contributed by atoms with Gasteiger partial charge in [-0.15, -0.1) is 0 Å². The zero-order valence-electron chi connectivity index (χ0n) is 13.9. The number of carbonyl (C=O) groups excluding carboxylic acids is 1. The molecule has 5 nitrogen and oxygen atoms in total. The molecule has 0 aromatic rings. The monoisotopic (exact) mass is 322 g/mol. The van der Waals surface area contributed by atoms with Crippen molar-refractivity contribution >= 4 is 6.29 Å². The maximum absolute atomic E-state index is 10.8. The first-order valence-electron chi connectivity index (χ1n) is 8.25. The Morgan fingerprint density at radius 3 is 2.26 bits per heavy atom. The molecule has 0 aliphatic rings. The Kier molecular flexibility index (Phi) is 14.0. The van der Waals surface area contributed by atoms with E-state index in [0.717, 1.165) is 32.1 Å². The van der Waals surface area contributed by atoms with Gasteiger partial charge in [-0.1, -0.05) is 43.4 Å². The van der Waals surface area contributed by atoms with Crippen LogP contribution in [0.3, 0.4) is 0 Å². The van der Waals surface area contributed by atoms with Crippen molar-refractivity contribution in [2.45, 2.75) is 70.4 Å². The molecule has 1 N–H and O–H groups in total. The SMILES string of the molecule is CCC(O)C(C/C=C\C/C=C\C/C=C\CCCC[C]=O)[N+](=O)[O-]. The highest BCUT2D eigenvalue weighted by atomic mass is 16.6. The van der Waals surface area contributed by atoms with Crippen LogP contribution in [0, 0.1) is 10.1 Å². The van der Waals surface area contributed by atoms with Gasteiger partial charge in [0.05, 0.1) is 0 Å². The van der Waals surface area contributed by atoms with Crippen LogP contribution < -0.4 is 0 Å². The highest BCUT2D eigenvalue weighted by molar-refractivity contribution is 5.50. The summed E-state index contributed by atoms with van der Waals surface area (Å²) in [5, 5.41) is 20.4. The van der Waals surface area contributed by atoms with Crippen LogP contribution in [0.2, 0.25) is 0 Å². The number of nitro groups is 1. The first-order valence-corrected chi connectivity index (χ1v) is 8.25. The molecule has 0 aliphatic carbocycles. The largest absolute Gasteiger partial charge is 0.386 e. The molecule has 0 bridgehead atoms. The van der Waals surface area contributed by atoms with Crippen molar-refractivity contribution in [3.63, 3.8) is 0 Å². The minimum absolute atomic E-state index is 0.258. The molecule has 0 aromatic carbocycles. The topological polar surface area (TPSA) is 80.4 Å². The lowest BCUT2D eigenvalue weighted by atomic mass is 10.1. The van der Waals surface area contributed by atoms with Gasteiger partial charge in [-0.25, -0.2) is 0 Å². The maximum Gasteiger partial charge on any atom is 0.241 e. The van der Waals surface area contributed by atoms with E-state index in [1.165, 1.54) is 0 Å². The quantitative estimate of drug-likeness (QED) is 0.227. The minimum Gasteiger partial charge on any atom is -0.386 e. The van der Waals surface area contributed by atoms with Crippen molar-refractivity contribution in [2.75, 3.05) is 0 Å². The molecule has 129 valence electrons. The van der Waals surface area contributed by atoms with Crippen molar-refractivity contribution in [2.24, 2.45) is 0 Å². The van der Waals surface area contributed by atoms with E-state index in [1.54, 1.807) is 13.0 Å². The van der Waals surface area contributed by atoms with E-state index in [-0.39, 0.29) is 6.42 Å². The van der Waals surface area contributed by atoms with E-state index >= 15 is 0 Å². The molecule has 0 fully saturated rings. The fourth-order valence-electron chi connectivity index (χ4n) is 2.01. The summed E-state index contributed by atoms with van der Waals surface area (Å²) in [5.74, 6) is 0. The summed E-state index contributed by atoms with van der Waals surface area (Å²) >= 11 is 0. The Hall–Kier alpha value is -1.75. The summed E-state index contributed by atoms with van der Waals surface area (Å²) in [6.45, 7) is 1.74. The molecule has 0 saturated heterocycles. The average Bonchev–Trinajstić information content (AvgIpc) is 2.54. The molecule has 2 atom stereocenters. The third-order valence-electron chi connectivity index (χ3n) is 3.45. The predicted octanol–water partition coefficient (Wildman–Crippen LogP) is 3.91. The van der Waals surface area contributed by atoms with Crippen molar-refractivity contribution in [1.82, 2.24) is 0 Å². The maximum atomic E-state index is 10.8. The van der Waals surface area contributed by atoms with Gasteiger partial charge in [0.25, 0.3) is 0 Å². The predicted molar refractivity (Wildman–Crippen MR) is 92.5 cm³/mol. The van der Waals surface area contributed by atoms with Gasteiger partial charge in [0.2, 0.25) is 6.04 Å². The van der Waals surface area contributed by atoms with Crippen LogP contribution in [-0.4, -0.2) is 28.5 Å². The molecule has 0 spiro atoms. The van der Waals surface area contributed by atoms with Gasteiger partial charge in [-0.05, 0) is 38.5 Å². The molecular weight excluding hydrogens is 294 g/mol. The minimum atomic E-state index is -0.917. The molecule has 0 amide bonds. The van der Waals surface area contributed by atoms with Gasteiger partial charge in [0.15, 0.2) is 6.29 Å². The number of rotatable bonds is 14. The fourth-order valence-corrected chi connectivity index (χ4v) is 2.01. The molecule has 23 heavy (non-hydrogen) atoms. The zero-order chi connectivity index (χ0) is 17.3. The van der Waals surface area contributed by atoms with Crippen molar-refractivity contribution in [3.8, 4) is 0 Å². The molecule has 0 rings (SSSR count). The van der Waals surface area contributed by atoms with E-state index in [9.17, 15) is 20.0 Å². The Morgan fingerprint density at radius 2 is 1.70 bits per heavy atom. The number of allylic oxidation sites excluding steroid dienone is 5.